The normalized spacial score (nSPS) is 31.3. The Morgan fingerprint density at radius 1 is 1.71 bits per heavy atom. The van der Waals surface area contributed by atoms with Crippen molar-refractivity contribution in [3.05, 3.63) is 0 Å². The summed E-state index contributed by atoms with van der Waals surface area (Å²) in [6.45, 7) is 1.03. The Morgan fingerprint density at radius 2 is 2.57 bits per heavy atom. The van der Waals surface area contributed by atoms with E-state index in [2.05, 4.69) is 0 Å². The summed E-state index contributed by atoms with van der Waals surface area (Å²) in [5, 5.41) is 0. The van der Waals surface area contributed by atoms with E-state index in [1.807, 2.05) is 0 Å². The Labute approximate surface area is 43.6 Å². The quantitative estimate of drug-likeness (QED) is 0.463. The predicted octanol–water partition coefficient (Wildman–Crippen LogP) is 0.234. The van der Waals surface area contributed by atoms with Gasteiger partial charge in [0.2, 0.25) is 0 Å². The summed E-state index contributed by atoms with van der Waals surface area (Å²) in [5.74, 6) is 0. The van der Waals surface area contributed by atoms with Gasteiger partial charge >= 0.3 is 0 Å². The molecule has 2 heteroatoms. The fourth-order valence-electron chi connectivity index (χ4n) is 0.788. The molecule has 0 aromatic heterocycles. The zero-order chi connectivity index (χ0) is 5.11. The van der Waals surface area contributed by atoms with Crippen molar-refractivity contribution in [2.75, 3.05) is 13.2 Å². The molecule has 0 amide bonds. The molecule has 1 heterocycles. The highest BCUT2D eigenvalue weighted by Gasteiger charge is 2.12. The summed E-state index contributed by atoms with van der Waals surface area (Å²) in [4.78, 5) is 0. The molecule has 0 spiro atoms. The van der Waals surface area contributed by atoms with Crippen LogP contribution in [0.1, 0.15) is 12.8 Å². The SMILES string of the molecule is [N]CC1CCCO1. The monoisotopic (exact) mass is 99.1 g/mol. The van der Waals surface area contributed by atoms with Crippen LogP contribution in [0.15, 0.2) is 0 Å². The Kier molecular flexibility index (Phi) is 1.65. The van der Waals surface area contributed by atoms with Gasteiger partial charge in [-0.25, -0.2) is 0 Å². The standard InChI is InChI=1S/C5H9NO/c6-4-5-2-1-3-7-5/h5H,1-4H2. The molecule has 1 fully saturated rings. The number of nitrogens with zero attached hydrogens (tertiary/aromatic N) is 1. The fraction of sp³-hybridized carbons (Fsp3) is 1.00. The first-order valence-electron chi connectivity index (χ1n) is 2.66. The van der Waals surface area contributed by atoms with Crippen LogP contribution in [-0.4, -0.2) is 19.3 Å². The van der Waals surface area contributed by atoms with Crippen molar-refractivity contribution in [2.24, 2.45) is 0 Å². The van der Waals surface area contributed by atoms with E-state index < -0.39 is 0 Å². The average molecular weight is 99.1 g/mol. The smallest absolute Gasteiger partial charge is 0.0732 e. The summed E-state index contributed by atoms with van der Waals surface area (Å²) < 4.78 is 5.05. The second-order valence-electron chi connectivity index (χ2n) is 1.82. The van der Waals surface area contributed by atoms with Crippen molar-refractivity contribution in [1.29, 1.82) is 0 Å². The molecule has 0 aliphatic carbocycles. The van der Waals surface area contributed by atoms with E-state index in [1.54, 1.807) is 0 Å². The molecule has 7 heavy (non-hydrogen) atoms. The highest BCUT2D eigenvalue weighted by atomic mass is 16.5. The van der Waals surface area contributed by atoms with Crippen LogP contribution in [0, 0.1) is 0 Å². The van der Waals surface area contributed by atoms with Crippen LogP contribution in [-0.2, 0) is 4.74 Å². The lowest BCUT2D eigenvalue weighted by Crippen LogP contribution is -2.10. The van der Waals surface area contributed by atoms with E-state index in [4.69, 9.17) is 10.5 Å². The maximum atomic E-state index is 8.44. The predicted molar refractivity (Wildman–Crippen MR) is 26.0 cm³/mol. The first-order valence-corrected chi connectivity index (χ1v) is 2.66. The molecule has 0 saturated carbocycles. The van der Waals surface area contributed by atoms with Crippen LogP contribution in [0.2, 0.25) is 0 Å². The van der Waals surface area contributed by atoms with E-state index in [1.165, 1.54) is 0 Å². The molecule has 1 atom stereocenters. The van der Waals surface area contributed by atoms with Gasteiger partial charge in [-0.15, -0.1) is 5.73 Å². The van der Waals surface area contributed by atoms with E-state index in [-0.39, 0.29) is 12.6 Å². The molecule has 1 saturated heterocycles. The van der Waals surface area contributed by atoms with Gasteiger partial charge in [-0.05, 0) is 12.8 Å². The molecule has 1 rings (SSSR count). The highest BCUT2D eigenvalue weighted by molar-refractivity contribution is 4.63. The number of hydrogen-bond acceptors (Lipinski definition) is 1. The minimum atomic E-state index is 0.153. The summed E-state index contributed by atoms with van der Waals surface area (Å²) in [6.07, 6.45) is 2.31. The zero-order valence-corrected chi connectivity index (χ0v) is 4.26. The molecular formula is C5H9NO. The average Bonchev–Trinajstić information content (AvgIpc) is 2.14. The molecule has 0 aromatic carbocycles. The first kappa shape index (κ1) is 5.06. The van der Waals surface area contributed by atoms with Crippen LogP contribution in [0.4, 0.5) is 0 Å². The Hall–Kier alpha value is -0.0800. The van der Waals surface area contributed by atoms with Crippen LogP contribution in [0.25, 0.3) is 0 Å². The fourth-order valence-corrected chi connectivity index (χ4v) is 0.788. The van der Waals surface area contributed by atoms with Crippen molar-refractivity contribution in [2.45, 2.75) is 18.9 Å². The summed E-state index contributed by atoms with van der Waals surface area (Å²) in [7, 11) is 0. The van der Waals surface area contributed by atoms with Gasteiger partial charge in [-0.2, -0.15) is 0 Å². The lowest BCUT2D eigenvalue weighted by atomic mass is 10.2. The van der Waals surface area contributed by atoms with E-state index in [0.717, 1.165) is 19.4 Å². The van der Waals surface area contributed by atoms with Gasteiger partial charge < -0.3 is 4.74 Å². The van der Waals surface area contributed by atoms with Crippen molar-refractivity contribution < 1.29 is 4.74 Å². The zero-order valence-electron chi connectivity index (χ0n) is 4.26. The minimum absolute atomic E-state index is 0.153. The molecule has 1 unspecified atom stereocenters. The summed E-state index contributed by atoms with van der Waals surface area (Å²) >= 11 is 0. The van der Waals surface area contributed by atoms with Crippen molar-refractivity contribution in [1.82, 2.24) is 5.73 Å². The number of ether oxygens (including phenoxy) is 1. The second-order valence-corrected chi connectivity index (χ2v) is 1.82. The van der Waals surface area contributed by atoms with Crippen molar-refractivity contribution >= 4 is 0 Å². The third kappa shape index (κ3) is 1.14. The van der Waals surface area contributed by atoms with Crippen LogP contribution in [0.3, 0.4) is 0 Å². The number of rotatable bonds is 1. The lowest BCUT2D eigenvalue weighted by molar-refractivity contribution is 0.116. The van der Waals surface area contributed by atoms with Crippen molar-refractivity contribution in [3.63, 3.8) is 0 Å². The van der Waals surface area contributed by atoms with Crippen molar-refractivity contribution in [3.8, 4) is 0 Å². The summed E-state index contributed by atoms with van der Waals surface area (Å²) in [5.41, 5.74) is 8.44. The first-order chi connectivity index (χ1) is 3.43. The Balaban J connectivity index is 2.14. The van der Waals surface area contributed by atoms with Gasteiger partial charge in [0.25, 0.3) is 0 Å². The Bertz CT molecular complexity index is 50.0. The molecule has 0 N–H and O–H groups in total. The van der Waals surface area contributed by atoms with Crippen LogP contribution >= 0.6 is 0 Å². The molecule has 1 aliphatic rings. The van der Waals surface area contributed by atoms with Gasteiger partial charge in [0.05, 0.1) is 12.6 Å². The van der Waals surface area contributed by atoms with Gasteiger partial charge in [-0.1, -0.05) is 0 Å². The van der Waals surface area contributed by atoms with Gasteiger partial charge in [0, 0.05) is 6.61 Å². The van der Waals surface area contributed by atoms with E-state index in [9.17, 15) is 0 Å². The maximum Gasteiger partial charge on any atom is 0.0732 e. The molecule has 40 valence electrons. The lowest BCUT2D eigenvalue weighted by Gasteiger charge is -1.99. The molecule has 0 aromatic rings. The van der Waals surface area contributed by atoms with E-state index >= 15 is 0 Å². The number of hydrogen-bond donors (Lipinski definition) is 0. The van der Waals surface area contributed by atoms with Gasteiger partial charge in [0.15, 0.2) is 0 Å². The summed E-state index contributed by atoms with van der Waals surface area (Å²) in [6, 6.07) is 0. The second kappa shape index (κ2) is 2.28. The molecule has 1 aliphatic heterocycles. The van der Waals surface area contributed by atoms with Gasteiger partial charge in [-0.3, -0.25) is 0 Å². The Morgan fingerprint density at radius 3 is 2.86 bits per heavy atom. The highest BCUT2D eigenvalue weighted by Crippen LogP contribution is 2.09. The molecule has 2 nitrogen and oxygen atoms in total. The van der Waals surface area contributed by atoms with Crippen LogP contribution < -0.4 is 5.73 Å². The topological polar surface area (TPSA) is 31.5 Å². The van der Waals surface area contributed by atoms with Gasteiger partial charge in [0.1, 0.15) is 0 Å². The molecular weight excluding hydrogens is 90.1 g/mol. The van der Waals surface area contributed by atoms with Crippen LogP contribution in [0.5, 0.6) is 0 Å². The third-order valence-corrected chi connectivity index (χ3v) is 1.23. The third-order valence-electron chi connectivity index (χ3n) is 1.23. The largest absolute Gasteiger partial charge is 0.377 e. The minimum Gasteiger partial charge on any atom is -0.377 e. The molecule has 2 radical (unpaired) electrons. The molecule has 0 bridgehead atoms. The van der Waals surface area contributed by atoms with E-state index in [0.29, 0.717) is 0 Å². The maximum absolute atomic E-state index is 8.44.